The van der Waals surface area contributed by atoms with E-state index < -0.39 is 15.8 Å². The van der Waals surface area contributed by atoms with E-state index in [0.29, 0.717) is 16.9 Å². The molecule has 6 heteroatoms. The zero-order chi connectivity index (χ0) is 13.9. The van der Waals surface area contributed by atoms with Gasteiger partial charge in [0.05, 0.1) is 0 Å². The van der Waals surface area contributed by atoms with Crippen LogP contribution in [-0.4, -0.2) is 15.0 Å². The van der Waals surface area contributed by atoms with Crippen molar-refractivity contribution in [1.29, 1.82) is 0 Å². The summed E-state index contributed by atoms with van der Waals surface area (Å²) in [7, 11) is -3.75. The van der Waals surface area contributed by atoms with E-state index in [1.165, 1.54) is 37.8 Å². The maximum atomic E-state index is 13.6. The lowest BCUT2D eigenvalue weighted by Gasteiger charge is -2.11. The molecule has 2 rings (SSSR count). The van der Waals surface area contributed by atoms with E-state index in [2.05, 4.69) is 20.7 Å². The van der Waals surface area contributed by atoms with Crippen LogP contribution in [0.3, 0.4) is 0 Å². The first-order chi connectivity index (χ1) is 8.99. The molecule has 0 bridgehead atoms. The maximum absolute atomic E-state index is 13.6. The Kier molecular flexibility index (Phi) is 4.97. The molecular weight excluding hydrogens is 333 g/mol. The molecule has 0 heterocycles. The number of nitrogens with one attached hydrogen (secondary N) is 1. The molecule has 0 spiro atoms. The highest BCUT2D eigenvalue weighted by molar-refractivity contribution is 9.10. The van der Waals surface area contributed by atoms with Crippen LogP contribution in [0.2, 0.25) is 0 Å². The van der Waals surface area contributed by atoms with Crippen molar-refractivity contribution in [2.24, 2.45) is 5.92 Å². The van der Waals surface area contributed by atoms with Crippen molar-refractivity contribution in [2.75, 3.05) is 6.54 Å². The Morgan fingerprint density at radius 1 is 1.32 bits per heavy atom. The molecule has 3 nitrogen and oxygen atoms in total. The molecule has 19 heavy (non-hydrogen) atoms. The Morgan fingerprint density at radius 2 is 2.00 bits per heavy atom. The van der Waals surface area contributed by atoms with E-state index in [1.54, 1.807) is 0 Å². The van der Waals surface area contributed by atoms with E-state index >= 15 is 0 Å². The molecule has 1 aliphatic rings. The van der Waals surface area contributed by atoms with E-state index in [9.17, 15) is 12.8 Å². The van der Waals surface area contributed by atoms with Crippen LogP contribution in [0.4, 0.5) is 4.39 Å². The van der Waals surface area contributed by atoms with Crippen molar-refractivity contribution in [3.05, 3.63) is 28.5 Å². The van der Waals surface area contributed by atoms with Crippen LogP contribution in [0.25, 0.3) is 0 Å². The van der Waals surface area contributed by atoms with Gasteiger partial charge in [-0.15, -0.1) is 0 Å². The fourth-order valence-corrected chi connectivity index (χ4v) is 3.91. The Hall–Kier alpha value is -0.460. The standard InChI is InChI=1S/C13H17BrFNO2S/c14-11-5-6-13(12(15)9-11)19(17,18)16-8-7-10-3-1-2-4-10/h5-6,9-10,16H,1-4,7-8H2. The zero-order valence-corrected chi connectivity index (χ0v) is 12.9. The average Bonchev–Trinajstić information content (AvgIpc) is 2.81. The smallest absolute Gasteiger partial charge is 0.211 e. The Balaban J connectivity index is 1.97. The van der Waals surface area contributed by atoms with Crippen molar-refractivity contribution in [1.82, 2.24) is 4.72 Å². The van der Waals surface area contributed by atoms with E-state index in [0.717, 1.165) is 12.5 Å². The number of rotatable bonds is 5. The van der Waals surface area contributed by atoms with Crippen LogP contribution in [0.15, 0.2) is 27.6 Å². The van der Waals surface area contributed by atoms with Crippen molar-refractivity contribution in [2.45, 2.75) is 37.0 Å². The predicted molar refractivity (Wildman–Crippen MR) is 75.9 cm³/mol. The molecule has 0 amide bonds. The first kappa shape index (κ1) is 14.9. The molecule has 0 unspecified atom stereocenters. The van der Waals surface area contributed by atoms with Gasteiger partial charge in [-0.05, 0) is 30.5 Å². The van der Waals surface area contributed by atoms with Crippen LogP contribution in [0.5, 0.6) is 0 Å². The van der Waals surface area contributed by atoms with E-state index in [4.69, 9.17) is 0 Å². The summed E-state index contributed by atoms with van der Waals surface area (Å²) >= 11 is 3.11. The number of halogens is 2. The lowest BCUT2D eigenvalue weighted by atomic mass is 10.1. The Morgan fingerprint density at radius 3 is 2.63 bits per heavy atom. The molecular formula is C13H17BrFNO2S. The lowest BCUT2D eigenvalue weighted by molar-refractivity contribution is 0.494. The largest absolute Gasteiger partial charge is 0.243 e. The molecule has 1 aromatic rings. The molecule has 0 aromatic heterocycles. The quantitative estimate of drug-likeness (QED) is 0.884. The first-order valence-electron chi connectivity index (χ1n) is 6.44. The molecule has 1 saturated carbocycles. The SMILES string of the molecule is O=S(=O)(NCCC1CCCC1)c1ccc(Br)cc1F. The minimum absolute atomic E-state index is 0.290. The van der Waals surface area contributed by atoms with Gasteiger partial charge in [0.15, 0.2) is 0 Å². The normalized spacial score (nSPS) is 16.9. The number of sulfonamides is 1. The zero-order valence-electron chi connectivity index (χ0n) is 10.5. The van der Waals surface area contributed by atoms with Crippen LogP contribution >= 0.6 is 15.9 Å². The number of hydrogen-bond donors (Lipinski definition) is 1. The van der Waals surface area contributed by atoms with E-state index in [-0.39, 0.29) is 4.90 Å². The van der Waals surface area contributed by atoms with Gasteiger partial charge in [-0.2, -0.15) is 0 Å². The second-order valence-corrected chi connectivity index (χ2v) is 7.56. The minimum atomic E-state index is -3.75. The van der Waals surface area contributed by atoms with Crippen molar-refractivity contribution in [3.63, 3.8) is 0 Å². The van der Waals surface area contributed by atoms with Crippen LogP contribution in [-0.2, 0) is 10.0 Å². The van der Waals surface area contributed by atoms with Gasteiger partial charge in [0.25, 0.3) is 0 Å². The van der Waals surface area contributed by atoms with Gasteiger partial charge in [0.2, 0.25) is 10.0 Å². The Labute approximate surface area is 121 Å². The molecule has 1 fully saturated rings. The van der Waals surface area contributed by atoms with Gasteiger partial charge < -0.3 is 0 Å². The van der Waals surface area contributed by atoms with Crippen molar-refractivity contribution < 1.29 is 12.8 Å². The highest BCUT2D eigenvalue weighted by Crippen LogP contribution is 2.27. The molecule has 1 N–H and O–H groups in total. The molecule has 106 valence electrons. The molecule has 0 aliphatic heterocycles. The summed E-state index contributed by atoms with van der Waals surface area (Å²) in [4.78, 5) is -0.290. The third kappa shape index (κ3) is 4.00. The van der Waals surface area contributed by atoms with Crippen molar-refractivity contribution in [3.8, 4) is 0 Å². The highest BCUT2D eigenvalue weighted by atomic mass is 79.9. The highest BCUT2D eigenvalue weighted by Gasteiger charge is 2.20. The van der Waals surface area contributed by atoms with Gasteiger partial charge >= 0.3 is 0 Å². The van der Waals surface area contributed by atoms with Crippen LogP contribution in [0, 0.1) is 11.7 Å². The minimum Gasteiger partial charge on any atom is -0.211 e. The summed E-state index contributed by atoms with van der Waals surface area (Å²) in [6, 6.07) is 3.96. The summed E-state index contributed by atoms with van der Waals surface area (Å²) in [5.41, 5.74) is 0. The molecule has 1 aromatic carbocycles. The predicted octanol–water partition coefficient (Wildman–Crippen LogP) is 3.45. The van der Waals surface area contributed by atoms with Crippen LogP contribution in [0.1, 0.15) is 32.1 Å². The fraction of sp³-hybridized carbons (Fsp3) is 0.538. The maximum Gasteiger partial charge on any atom is 0.243 e. The Bertz CT molecular complexity index is 542. The monoisotopic (exact) mass is 349 g/mol. The van der Waals surface area contributed by atoms with Crippen LogP contribution < -0.4 is 4.72 Å². The first-order valence-corrected chi connectivity index (χ1v) is 8.71. The van der Waals surface area contributed by atoms with E-state index in [1.807, 2.05) is 0 Å². The topological polar surface area (TPSA) is 46.2 Å². The van der Waals surface area contributed by atoms with Gasteiger partial charge in [-0.3, -0.25) is 0 Å². The summed E-state index contributed by atoms with van der Waals surface area (Å²) in [6.07, 6.45) is 5.65. The summed E-state index contributed by atoms with van der Waals surface area (Å²) in [5, 5.41) is 0. The van der Waals surface area contributed by atoms with Gasteiger partial charge in [-0.1, -0.05) is 41.6 Å². The molecule has 0 saturated heterocycles. The molecule has 0 radical (unpaired) electrons. The molecule has 0 atom stereocenters. The summed E-state index contributed by atoms with van der Waals surface area (Å²) < 4.78 is 40.6. The fourth-order valence-electron chi connectivity index (χ4n) is 2.47. The van der Waals surface area contributed by atoms with Gasteiger partial charge in [0.1, 0.15) is 10.7 Å². The summed E-state index contributed by atoms with van der Waals surface area (Å²) in [6.45, 7) is 0.377. The second-order valence-electron chi connectivity index (χ2n) is 4.91. The van der Waals surface area contributed by atoms with Gasteiger partial charge in [-0.25, -0.2) is 17.5 Å². The third-order valence-electron chi connectivity index (χ3n) is 3.50. The summed E-state index contributed by atoms with van der Waals surface area (Å²) in [5.74, 6) is -0.125. The number of benzene rings is 1. The number of hydrogen-bond acceptors (Lipinski definition) is 2. The third-order valence-corrected chi connectivity index (χ3v) is 5.49. The average molecular weight is 350 g/mol. The van der Waals surface area contributed by atoms with Crippen molar-refractivity contribution >= 4 is 26.0 Å². The molecule has 1 aliphatic carbocycles. The second kappa shape index (κ2) is 6.33. The van der Waals surface area contributed by atoms with Gasteiger partial charge in [0, 0.05) is 11.0 Å². The lowest BCUT2D eigenvalue weighted by Crippen LogP contribution is -2.26.